The summed E-state index contributed by atoms with van der Waals surface area (Å²) in [5.41, 5.74) is 6.44. The van der Waals surface area contributed by atoms with Gasteiger partial charge in [0.15, 0.2) is 0 Å². The highest BCUT2D eigenvalue weighted by molar-refractivity contribution is 5.94. The molecule has 4 heteroatoms. The van der Waals surface area contributed by atoms with Crippen molar-refractivity contribution in [2.24, 2.45) is 5.92 Å². The average molecular weight is 234 g/mol. The zero-order valence-corrected chi connectivity index (χ0v) is 10.2. The predicted octanol–water partition coefficient (Wildman–Crippen LogP) is 2.19. The lowest BCUT2D eigenvalue weighted by Gasteiger charge is -2.12. The number of hydrogen-bond donors (Lipinski definition) is 3. The Morgan fingerprint density at radius 3 is 2.71 bits per heavy atom. The Morgan fingerprint density at radius 2 is 2.12 bits per heavy atom. The van der Waals surface area contributed by atoms with Gasteiger partial charge in [-0.05, 0) is 30.5 Å². The molecule has 4 nitrogen and oxygen atoms in total. The van der Waals surface area contributed by atoms with Gasteiger partial charge in [-0.1, -0.05) is 26.5 Å². The number of benzene rings is 1. The van der Waals surface area contributed by atoms with Gasteiger partial charge in [0.25, 0.3) is 5.91 Å². The van der Waals surface area contributed by atoms with Gasteiger partial charge in [0.1, 0.15) is 5.75 Å². The van der Waals surface area contributed by atoms with Gasteiger partial charge >= 0.3 is 0 Å². The van der Waals surface area contributed by atoms with Crippen molar-refractivity contribution in [3.8, 4) is 5.75 Å². The summed E-state index contributed by atoms with van der Waals surface area (Å²) >= 11 is 0. The van der Waals surface area contributed by atoms with Crippen molar-refractivity contribution in [1.82, 2.24) is 10.9 Å². The lowest BCUT2D eigenvalue weighted by molar-refractivity contribution is 0.0937. The molecule has 0 aliphatic heterocycles. The predicted molar refractivity (Wildman–Crippen MR) is 67.3 cm³/mol. The van der Waals surface area contributed by atoms with Crippen LogP contribution in [0.5, 0.6) is 5.75 Å². The second-order valence-electron chi connectivity index (χ2n) is 4.33. The SMILES string of the molecule is C=C(CC(C)C)NNC(=O)c1cccc(O)c1. The summed E-state index contributed by atoms with van der Waals surface area (Å²) in [4.78, 5) is 11.7. The quantitative estimate of drug-likeness (QED) is 0.684. The van der Waals surface area contributed by atoms with E-state index in [0.717, 1.165) is 12.1 Å². The highest BCUT2D eigenvalue weighted by atomic mass is 16.3. The normalized spacial score (nSPS) is 10.1. The minimum atomic E-state index is -0.300. The van der Waals surface area contributed by atoms with Gasteiger partial charge in [0.2, 0.25) is 0 Å². The number of carbonyl (C=O) groups excluding carboxylic acids is 1. The smallest absolute Gasteiger partial charge is 0.269 e. The van der Waals surface area contributed by atoms with E-state index in [1.165, 1.54) is 12.1 Å². The molecule has 1 rings (SSSR count). The topological polar surface area (TPSA) is 61.4 Å². The van der Waals surface area contributed by atoms with Crippen molar-refractivity contribution in [3.05, 3.63) is 42.1 Å². The molecule has 0 spiro atoms. The third-order valence-electron chi connectivity index (χ3n) is 2.12. The zero-order valence-electron chi connectivity index (χ0n) is 10.2. The molecular formula is C13H18N2O2. The molecule has 0 bridgehead atoms. The van der Waals surface area contributed by atoms with E-state index in [-0.39, 0.29) is 11.7 Å². The molecule has 0 radical (unpaired) electrons. The third-order valence-corrected chi connectivity index (χ3v) is 2.12. The van der Waals surface area contributed by atoms with Crippen LogP contribution >= 0.6 is 0 Å². The van der Waals surface area contributed by atoms with Crippen LogP contribution in [-0.2, 0) is 0 Å². The largest absolute Gasteiger partial charge is 0.508 e. The number of hydrazine groups is 1. The number of rotatable bonds is 5. The fourth-order valence-electron chi connectivity index (χ4n) is 1.41. The summed E-state index contributed by atoms with van der Waals surface area (Å²) in [6.45, 7) is 7.95. The molecule has 0 heterocycles. The Kier molecular flexibility index (Phi) is 4.57. The van der Waals surface area contributed by atoms with Crippen LogP contribution in [0.3, 0.4) is 0 Å². The lowest BCUT2D eigenvalue weighted by atomic mass is 10.1. The Labute approximate surface area is 101 Å². The molecule has 0 saturated heterocycles. The number of nitrogens with one attached hydrogen (secondary N) is 2. The Hall–Kier alpha value is -1.97. The first-order valence-corrected chi connectivity index (χ1v) is 5.52. The molecule has 0 unspecified atom stereocenters. The molecule has 0 aromatic heterocycles. The van der Waals surface area contributed by atoms with Gasteiger partial charge in [-0.2, -0.15) is 0 Å². The highest BCUT2D eigenvalue weighted by Gasteiger charge is 2.06. The number of carbonyl (C=O) groups is 1. The first-order valence-electron chi connectivity index (χ1n) is 5.52. The van der Waals surface area contributed by atoms with Crippen molar-refractivity contribution >= 4 is 5.91 Å². The van der Waals surface area contributed by atoms with E-state index < -0.39 is 0 Å². The summed E-state index contributed by atoms with van der Waals surface area (Å²) in [7, 11) is 0. The van der Waals surface area contributed by atoms with Gasteiger partial charge in [0.05, 0.1) is 0 Å². The van der Waals surface area contributed by atoms with E-state index in [1.54, 1.807) is 12.1 Å². The maximum Gasteiger partial charge on any atom is 0.269 e. The molecule has 0 saturated carbocycles. The van der Waals surface area contributed by atoms with E-state index in [1.807, 2.05) is 0 Å². The van der Waals surface area contributed by atoms with E-state index in [4.69, 9.17) is 0 Å². The second-order valence-corrected chi connectivity index (χ2v) is 4.33. The van der Waals surface area contributed by atoms with Crippen molar-refractivity contribution in [2.45, 2.75) is 20.3 Å². The maximum atomic E-state index is 11.7. The molecule has 17 heavy (non-hydrogen) atoms. The number of allylic oxidation sites excluding steroid dienone is 1. The fourth-order valence-corrected chi connectivity index (χ4v) is 1.41. The van der Waals surface area contributed by atoms with Crippen LogP contribution in [0.2, 0.25) is 0 Å². The van der Waals surface area contributed by atoms with Crippen molar-refractivity contribution in [1.29, 1.82) is 0 Å². The lowest BCUT2D eigenvalue weighted by Crippen LogP contribution is -2.36. The van der Waals surface area contributed by atoms with Gasteiger partial charge < -0.3 is 10.5 Å². The number of hydrogen-bond acceptors (Lipinski definition) is 3. The van der Waals surface area contributed by atoms with E-state index in [0.29, 0.717) is 11.5 Å². The molecule has 0 fully saturated rings. The first-order chi connectivity index (χ1) is 7.99. The van der Waals surface area contributed by atoms with Crippen LogP contribution in [0.25, 0.3) is 0 Å². The van der Waals surface area contributed by atoms with Crippen LogP contribution in [0, 0.1) is 5.92 Å². The van der Waals surface area contributed by atoms with Gasteiger partial charge in [0, 0.05) is 11.3 Å². The average Bonchev–Trinajstić information content (AvgIpc) is 2.25. The number of phenolic OH excluding ortho intramolecular Hbond substituents is 1. The van der Waals surface area contributed by atoms with Gasteiger partial charge in [-0.25, -0.2) is 0 Å². The Balaban J connectivity index is 2.48. The molecule has 0 aliphatic rings. The van der Waals surface area contributed by atoms with E-state index in [2.05, 4.69) is 31.3 Å². The van der Waals surface area contributed by atoms with Gasteiger partial charge in [-0.3, -0.25) is 10.2 Å². The standard InChI is InChI=1S/C13H18N2O2/c1-9(2)7-10(3)14-15-13(17)11-5-4-6-12(16)8-11/h4-6,8-9,14,16H,3,7H2,1-2H3,(H,15,17). The number of amides is 1. The molecule has 1 aromatic carbocycles. The van der Waals surface area contributed by atoms with E-state index >= 15 is 0 Å². The third kappa shape index (κ3) is 4.59. The summed E-state index contributed by atoms with van der Waals surface area (Å²) in [5.74, 6) is 0.247. The van der Waals surface area contributed by atoms with E-state index in [9.17, 15) is 9.90 Å². The molecule has 3 N–H and O–H groups in total. The fraction of sp³-hybridized carbons (Fsp3) is 0.308. The van der Waals surface area contributed by atoms with Crippen molar-refractivity contribution in [3.63, 3.8) is 0 Å². The molecule has 0 atom stereocenters. The summed E-state index contributed by atoms with van der Waals surface area (Å²) < 4.78 is 0. The molecule has 0 aliphatic carbocycles. The molecular weight excluding hydrogens is 216 g/mol. The number of aromatic hydroxyl groups is 1. The van der Waals surface area contributed by atoms with Crippen LogP contribution in [-0.4, -0.2) is 11.0 Å². The number of phenols is 1. The summed E-state index contributed by atoms with van der Waals surface area (Å²) in [5, 5.41) is 9.24. The van der Waals surface area contributed by atoms with Crippen LogP contribution < -0.4 is 10.9 Å². The maximum absolute atomic E-state index is 11.7. The van der Waals surface area contributed by atoms with Gasteiger partial charge in [-0.15, -0.1) is 0 Å². The first kappa shape index (κ1) is 13.1. The zero-order chi connectivity index (χ0) is 12.8. The van der Waals surface area contributed by atoms with Crippen molar-refractivity contribution in [2.75, 3.05) is 0 Å². The Bertz CT molecular complexity index is 414. The van der Waals surface area contributed by atoms with Crippen LogP contribution in [0.4, 0.5) is 0 Å². The van der Waals surface area contributed by atoms with Crippen molar-refractivity contribution < 1.29 is 9.90 Å². The molecule has 1 aromatic rings. The minimum Gasteiger partial charge on any atom is -0.508 e. The molecule has 1 amide bonds. The van der Waals surface area contributed by atoms with Crippen LogP contribution in [0.1, 0.15) is 30.6 Å². The molecule has 92 valence electrons. The van der Waals surface area contributed by atoms with Crippen LogP contribution in [0.15, 0.2) is 36.5 Å². The monoisotopic (exact) mass is 234 g/mol. The second kappa shape index (κ2) is 5.94. The minimum absolute atomic E-state index is 0.0682. The summed E-state index contributed by atoms with van der Waals surface area (Å²) in [6, 6.07) is 6.17. The summed E-state index contributed by atoms with van der Waals surface area (Å²) in [6.07, 6.45) is 0.792. The Morgan fingerprint density at radius 1 is 1.41 bits per heavy atom. The highest BCUT2D eigenvalue weighted by Crippen LogP contribution is 2.10.